The summed E-state index contributed by atoms with van der Waals surface area (Å²) in [6, 6.07) is 39.3. The van der Waals surface area contributed by atoms with Gasteiger partial charge in [-0.3, -0.25) is 13.9 Å². The Morgan fingerprint density at radius 1 is 0.563 bits per heavy atom. The zero-order valence-electron chi connectivity index (χ0n) is 47.1. The van der Waals surface area contributed by atoms with Gasteiger partial charge in [-0.25, -0.2) is 25.3 Å². The number of hydrazone groups is 1. The standard InChI is InChI=1S/C37H36N2O9S3.C16H12N4O9S2.2H3N.3Na/c1-3-38(25-27-9-7-11-33(23-27)49(40,41)42)31-19-15-29(16-20-31)37(35-13-5-6-14-36(35)51(46,47)48)30-17-21-32(22-18-30)39(4-2)26-28-10-8-12-34(24-28)50(43,44)45;21-15-13(18-17-9-1-5-11(6-2-9)30(24,25)26)14(16(22)23)19-20(15)10-3-7-12(8-4-10)31(27,28)29;;;;;/h5-24H,3-4,25-26H2,1-2H3,(H2-,40,41,42,43,44,45,46,47,48);1-8,13H,(H,22,23)(H,24,25,26)(H,27,28,29);2*1H3;;;/q;;;;3*+1/p-3. The Balaban J connectivity index is 0.000000621. The van der Waals surface area contributed by atoms with Crippen LogP contribution in [0.5, 0.6) is 0 Å². The van der Waals surface area contributed by atoms with Crippen LogP contribution in [0, 0.1) is 5.92 Å². The zero-order chi connectivity index (χ0) is 60.0. The minimum Gasteiger partial charge on any atom is -0.744 e. The molecule has 26 nitrogen and oxygen atoms in total. The number of amides is 1. The van der Waals surface area contributed by atoms with Gasteiger partial charge >= 0.3 is 98.8 Å². The van der Waals surface area contributed by atoms with Crippen molar-refractivity contribution in [2.45, 2.75) is 57.5 Å². The first-order valence-corrected chi connectivity index (χ1v) is 31.0. The molecule has 8 rings (SSSR count). The topological polar surface area (TPSA) is 454 Å². The van der Waals surface area contributed by atoms with Crippen molar-refractivity contribution in [2.75, 3.05) is 27.9 Å². The van der Waals surface area contributed by atoms with Gasteiger partial charge in [0.1, 0.15) is 41.0 Å². The first-order valence-electron chi connectivity index (χ1n) is 23.9. The number of carboxylic acid groups (broad SMARTS) is 1. The fourth-order valence-electron chi connectivity index (χ4n) is 8.31. The number of carbonyl (C=O) groups is 2. The number of hydrogen-bond donors (Lipinski definition) is 4. The predicted octanol–water partition coefficient (Wildman–Crippen LogP) is -3.41. The second-order valence-electron chi connectivity index (χ2n) is 17.6. The van der Waals surface area contributed by atoms with Gasteiger partial charge in [-0.2, -0.15) is 37.2 Å². The quantitative estimate of drug-likeness (QED) is 0.0190. The number of rotatable bonds is 20. The Bertz CT molecular complexity index is 4070. The van der Waals surface area contributed by atoms with Gasteiger partial charge < -0.3 is 45.7 Å². The monoisotopic (exact) mass is 1320 g/mol. The molecular weight excluding hydrogens is 1270 g/mol. The van der Waals surface area contributed by atoms with Crippen molar-refractivity contribution in [3.05, 3.63) is 204 Å². The Labute approximate surface area is 569 Å². The summed E-state index contributed by atoms with van der Waals surface area (Å²) in [7, 11) is -23.0. The summed E-state index contributed by atoms with van der Waals surface area (Å²) in [4.78, 5) is 26.1. The molecule has 0 aliphatic carbocycles. The average Bonchev–Trinajstić information content (AvgIpc) is 3.37. The first kappa shape index (κ1) is 77.8. The predicted molar refractivity (Wildman–Crippen MR) is 301 cm³/mol. The number of benzene rings is 7. The van der Waals surface area contributed by atoms with E-state index in [1.165, 1.54) is 42.5 Å². The molecule has 0 radical (unpaired) electrons. The van der Waals surface area contributed by atoms with Crippen LogP contribution in [0.4, 0.5) is 22.7 Å². The number of hydrogen-bond acceptors (Lipinski definition) is 23. The summed E-state index contributed by atoms with van der Waals surface area (Å²) in [6.45, 7) is 5.71. The molecule has 1 atom stereocenters. The molecule has 444 valence electrons. The van der Waals surface area contributed by atoms with E-state index in [0.29, 0.717) is 59.4 Å². The van der Waals surface area contributed by atoms with Gasteiger partial charge in [-0.05, 0) is 171 Å². The van der Waals surface area contributed by atoms with Crippen molar-refractivity contribution >= 4 is 90.9 Å². The minimum atomic E-state index is -4.73. The Hall–Kier alpha value is -5.31. The van der Waals surface area contributed by atoms with Crippen LogP contribution in [0.25, 0.3) is 0 Å². The fraction of sp³-hybridized carbons (Fsp3) is 0.132. The van der Waals surface area contributed by atoms with E-state index in [-0.39, 0.29) is 133 Å². The number of nitrogens with zero attached hydrogens (tertiary/aromatic N) is 6. The van der Waals surface area contributed by atoms with E-state index in [2.05, 4.69) is 15.3 Å². The molecule has 7 aromatic rings. The van der Waals surface area contributed by atoms with Gasteiger partial charge in [0.05, 0.1) is 59.5 Å². The first-order chi connectivity index (χ1) is 38.5. The van der Waals surface area contributed by atoms with Gasteiger partial charge in [0.2, 0.25) is 0 Å². The number of anilines is 3. The molecular formula is C53H51N8Na3O18S5. The molecule has 0 saturated carbocycles. The summed E-state index contributed by atoms with van der Waals surface area (Å²) in [5.74, 6) is -2.23. The van der Waals surface area contributed by atoms with E-state index >= 15 is 0 Å². The number of carbonyl (C=O) groups excluding carboxylic acids is 2. The van der Waals surface area contributed by atoms with Crippen LogP contribution >= 0.6 is 0 Å². The van der Waals surface area contributed by atoms with E-state index < -0.39 is 84.0 Å². The number of aliphatic carboxylic acids is 1. The molecule has 8 N–H and O–H groups in total. The maximum atomic E-state index is 12.6. The largest absolute Gasteiger partial charge is 1.00 e. The van der Waals surface area contributed by atoms with Gasteiger partial charge in [0.25, 0.3) is 16.0 Å². The van der Waals surface area contributed by atoms with Gasteiger partial charge in [-0.1, -0.05) is 24.3 Å². The van der Waals surface area contributed by atoms with Crippen LogP contribution in [0.3, 0.4) is 0 Å². The summed E-state index contributed by atoms with van der Waals surface area (Å²) < 4.78 is 168. The Morgan fingerprint density at radius 3 is 1.40 bits per heavy atom. The maximum Gasteiger partial charge on any atom is 1.00 e. The molecule has 34 heteroatoms. The summed E-state index contributed by atoms with van der Waals surface area (Å²) in [6.07, 6.45) is 0. The normalized spacial score (nSPS) is 13.2. The molecule has 1 aliphatic rings. The molecule has 87 heavy (non-hydrogen) atoms. The average molecular weight is 1320 g/mol. The summed E-state index contributed by atoms with van der Waals surface area (Å²) >= 11 is 0. The fourth-order valence-corrected chi connectivity index (χ4v) is 11.0. The molecule has 0 spiro atoms. The van der Waals surface area contributed by atoms with Crippen LogP contribution in [-0.4, -0.2) is 102 Å². The second-order valence-corrected chi connectivity index (χ2v) is 24.6. The van der Waals surface area contributed by atoms with E-state index in [1.54, 1.807) is 30.3 Å². The SMILES string of the molecule is CCN(Cc1cccc(S(=O)(=O)[O-])c1)c1ccc([C+](c2ccc(N(CC)Cc3cccc(S(=O)(=O)O)c3)cc2)c2ccccc2S(=O)(=O)O)cc1.N.N.O=C([O-])C1=NN(c2ccc(S(=O)(=O)[O-])cc2)C(=O)C1N=Nc1ccc(S(=O)(=O)[O-])cc1.[Na+].[Na+].[Na+]. The van der Waals surface area contributed by atoms with Gasteiger partial charge in [-0.15, -0.1) is 0 Å². The summed E-state index contributed by atoms with van der Waals surface area (Å²) in [5, 5.41) is 22.8. The van der Waals surface area contributed by atoms with E-state index in [9.17, 15) is 79.5 Å². The Morgan fingerprint density at radius 2 is 0.989 bits per heavy atom. The molecule has 1 amide bonds. The summed E-state index contributed by atoms with van der Waals surface area (Å²) in [5.41, 5.74) is 3.72. The van der Waals surface area contributed by atoms with E-state index in [4.69, 9.17) is 0 Å². The third kappa shape index (κ3) is 20.4. The van der Waals surface area contributed by atoms with Crippen molar-refractivity contribution in [3.63, 3.8) is 0 Å². The van der Waals surface area contributed by atoms with Gasteiger partial charge in [0.15, 0.2) is 6.04 Å². The molecule has 1 heterocycles. The second kappa shape index (κ2) is 32.4. The third-order valence-corrected chi connectivity index (χ3v) is 16.6. The van der Waals surface area contributed by atoms with Crippen LogP contribution in [-0.2, 0) is 73.3 Å². The zero-order valence-corrected chi connectivity index (χ0v) is 57.2. The maximum absolute atomic E-state index is 12.6. The smallest absolute Gasteiger partial charge is 0.744 e. The van der Waals surface area contributed by atoms with E-state index in [1.807, 2.05) is 72.2 Å². The van der Waals surface area contributed by atoms with Crippen LogP contribution in [0.2, 0.25) is 0 Å². The van der Waals surface area contributed by atoms with Crippen molar-refractivity contribution in [1.29, 1.82) is 0 Å². The van der Waals surface area contributed by atoms with Crippen LogP contribution < -0.4 is 121 Å². The van der Waals surface area contributed by atoms with E-state index in [0.717, 1.165) is 59.9 Å². The van der Waals surface area contributed by atoms with Gasteiger partial charge in [0, 0.05) is 37.6 Å². The molecule has 0 aromatic heterocycles. The molecule has 7 aromatic carbocycles. The van der Waals surface area contributed by atoms with Crippen LogP contribution in [0.1, 0.15) is 41.7 Å². The molecule has 0 fully saturated rings. The van der Waals surface area contributed by atoms with Crippen LogP contribution in [0.15, 0.2) is 210 Å². The van der Waals surface area contributed by atoms with Crippen molar-refractivity contribution in [1.82, 2.24) is 12.3 Å². The molecule has 0 saturated heterocycles. The van der Waals surface area contributed by atoms with Crippen molar-refractivity contribution < 1.29 is 168 Å². The third-order valence-electron chi connectivity index (χ3n) is 12.3. The van der Waals surface area contributed by atoms with Crippen molar-refractivity contribution in [2.24, 2.45) is 15.3 Å². The molecule has 0 bridgehead atoms. The Kier molecular flexibility index (Phi) is 29.0. The van der Waals surface area contributed by atoms with Crippen molar-refractivity contribution in [3.8, 4) is 0 Å². The molecule has 1 aliphatic heterocycles. The molecule has 1 unspecified atom stereocenters. The minimum absolute atomic E-state index is 0. The number of azo groups is 1. The number of carboxylic acids is 1.